The summed E-state index contributed by atoms with van der Waals surface area (Å²) in [6.45, 7) is 5.64. The van der Waals surface area contributed by atoms with Crippen molar-refractivity contribution >= 4 is 5.91 Å². The highest BCUT2D eigenvalue weighted by Crippen LogP contribution is 2.17. The van der Waals surface area contributed by atoms with Crippen molar-refractivity contribution in [1.29, 1.82) is 0 Å². The van der Waals surface area contributed by atoms with Crippen LogP contribution in [0.15, 0.2) is 24.3 Å². The summed E-state index contributed by atoms with van der Waals surface area (Å²) >= 11 is 0. The fourth-order valence-electron chi connectivity index (χ4n) is 2.93. The molecule has 0 bridgehead atoms. The third-order valence-corrected chi connectivity index (χ3v) is 4.36. The molecular weight excluding hydrogens is 304 g/mol. The van der Waals surface area contributed by atoms with Crippen LogP contribution in [0.25, 0.3) is 0 Å². The maximum atomic E-state index is 12.4. The lowest BCUT2D eigenvalue weighted by Crippen LogP contribution is -2.41. The number of carbonyl (C=O) groups is 1. The molecule has 0 atom stereocenters. The van der Waals surface area contributed by atoms with E-state index in [1.54, 1.807) is 0 Å². The Kier molecular flexibility index (Phi) is 8.05. The Labute approximate surface area is 145 Å². The molecule has 24 heavy (non-hydrogen) atoms. The number of amides is 1. The number of hydrogen-bond donors (Lipinski definition) is 1. The molecule has 0 radical (unpaired) electrons. The minimum absolute atomic E-state index is 0.240. The second-order valence-electron chi connectivity index (χ2n) is 6.17. The van der Waals surface area contributed by atoms with Crippen molar-refractivity contribution in [2.75, 3.05) is 32.8 Å². The summed E-state index contributed by atoms with van der Waals surface area (Å²) in [7, 11) is 0. The predicted molar refractivity (Wildman–Crippen MR) is 95.2 cm³/mol. The van der Waals surface area contributed by atoms with Crippen LogP contribution in [0.4, 0.5) is 0 Å². The van der Waals surface area contributed by atoms with Gasteiger partial charge in [-0.25, -0.2) is 0 Å². The molecule has 0 saturated carbocycles. The van der Waals surface area contributed by atoms with Crippen LogP contribution in [0.3, 0.4) is 0 Å². The molecular formula is C19H30N2O3. The van der Waals surface area contributed by atoms with Crippen molar-refractivity contribution in [3.05, 3.63) is 29.8 Å². The quantitative estimate of drug-likeness (QED) is 0.704. The maximum Gasteiger partial charge on any atom is 0.222 e. The predicted octanol–water partition coefficient (Wildman–Crippen LogP) is 2.37. The van der Waals surface area contributed by atoms with E-state index in [-0.39, 0.29) is 12.0 Å². The van der Waals surface area contributed by atoms with Crippen LogP contribution >= 0.6 is 0 Å². The zero-order valence-electron chi connectivity index (χ0n) is 14.7. The zero-order chi connectivity index (χ0) is 17.2. The Hall–Kier alpha value is -1.59. The second kappa shape index (κ2) is 10.3. The molecule has 1 aliphatic rings. The number of likely N-dealkylation sites (tertiary alicyclic amines) is 1. The highest BCUT2D eigenvalue weighted by Gasteiger charge is 2.22. The number of aryl methyl sites for hydroxylation is 1. The summed E-state index contributed by atoms with van der Waals surface area (Å²) in [4.78, 5) is 14.3. The Morgan fingerprint density at radius 2 is 1.96 bits per heavy atom. The van der Waals surface area contributed by atoms with Gasteiger partial charge in [-0.2, -0.15) is 0 Å². The highest BCUT2D eigenvalue weighted by molar-refractivity contribution is 5.76. The van der Waals surface area contributed by atoms with Gasteiger partial charge >= 0.3 is 0 Å². The van der Waals surface area contributed by atoms with Crippen LogP contribution in [0.1, 0.15) is 38.2 Å². The van der Waals surface area contributed by atoms with Crippen molar-refractivity contribution in [1.82, 2.24) is 4.90 Å². The first-order valence-corrected chi connectivity index (χ1v) is 9.04. The summed E-state index contributed by atoms with van der Waals surface area (Å²) in [5.41, 5.74) is 6.64. The minimum atomic E-state index is 0.240. The van der Waals surface area contributed by atoms with Gasteiger partial charge < -0.3 is 20.1 Å². The number of rotatable bonds is 9. The summed E-state index contributed by atoms with van der Waals surface area (Å²) in [5, 5.41) is 0. The van der Waals surface area contributed by atoms with Crippen molar-refractivity contribution in [3.8, 4) is 5.75 Å². The van der Waals surface area contributed by atoms with E-state index in [1.807, 2.05) is 36.1 Å². The van der Waals surface area contributed by atoms with Crippen molar-refractivity contribution < 1.29 is 14.3 Å². The van der Waals surface area contributed by atoms with E-state index < -0.39 is 0 Å². The first kappa shape index (κ1) is 18.7. The van der Waals surface area contributed by atoms with Crippen LogP contribution in [0.5, 0.6) is 5.75 Å². The highest BCUT2D eigenvalue weighted by atomic mass is 16.5. The van der Waals surface area contributed by atoms with Gasteiger partial charge in [-0.15, -0.1) is 0 Å². The fourth-order valence-corrected chi connectivity index (χ4v) is 2.93. The van der Waals surface area contributed by atoms with E-state index in [4.69, 9.17) is 15.2 Å². The molecule has 1 aromatic rings. The average molecular weight is 334 g/mol. The van der Waals surface area contributed by atoms with E-state index in [0.29, 0.717) is 19.6 Å². The molecule has 5 heteroatoms. The van der Waals surface area contributed by atoms with Gasteiger partial charge in [0.25, 0.3) is 0 Å². The lowest BCUT2D eigenvalue weighted by Gasteiger charge is -2.32. The van der Waals surface area contributed by atoms with E-state index in [2.05, 4.69) is 0 Å². The number of benzene rings is 1. The topological polar surface area (TPSA) is 64.8 Å². The molecule has 2 N–H and O–H groups in total. The van der Waals surface area contributed by atoms with Gasteiger partial charge in [0.1, 0.15) is 5.75 Å². The Morgan fingerprint density at radius 3 is 2.58 bits per heavy atom. The number of nitrogens with zero attached hydrogens (tertiary/aromatic N) is 1. The molecule has 2 rings (SSSR count). The molecule has 1 aliphatic heterocycles. The zero-order valence-corrected chi connectivity index (χ0v) is 14.7. The van der Waals surface area contributed by atoms with Gasteiger partial charge in [-0.3, -0.25) is 4.79 Å². The Balaban J connectivity index is 1.68. The molecule has 5 nitrogen and oxygen atoms in total. The van der Waals surface area contributed by atoms with Crippen molar-refractivity contribution in [2.45, 2.75) is 45.1 Å². The molecule has 1 saturated heterocycles. The Morgan fingerprint density at radius 1 is 1.25 bits per heavy atom. The lowest BCUT2D eigenvalue weighted by molar-refractivity contribution is -0.133. The van der Waals surface area contributed by atoms with Crippen molar-refractivity contribution in [2.24, 2.45) is 5.73 Å². The molecule has 1 aromatic carbocycles. The SMILES string of the molecule is CCOc1ccc(CCC(=O)N2CCC(OCCCN)CC2)cc1. The average Bonchev–Trinajstić information content (AvgIpc) is 2.62. The third-order valence-electron chi connectivity index (χ3n) is 4.36. The van der Waals surface area contributed by atoms with E-state index in [9.17, 15) is 4.79 Å². The summed E-state index contributed by atoms with van der Waals surface area (Å²) < 4.78 is 11.2. The number of ether oxygens (including phenoxy) is 2. The number of carbonyl (C=O) groups excluding carboxylic acids is 1. The van der Waals surface area contributed by atoms with Crippen LogP contribution in [-0.4, -0.2) is 49.8 Å². The maximum absolute atomic E-state index is 12.4. The van der Waals surface area contributed by atoms with Gasteiger partial charge in [0, 0.05) is 26.1 Å². The third kappa shape index (κ3) is 6.13. The molecule has 134 valence electrons. The number of nitrogens with two attached hydrogens (primary N) is 1. The van der Waals surface area contributed by atoms with Crippen LogP contribution in [-0.2, 0) is 16.0 Å². The van der Waals surface area contributed by atoms with Gasteiger partial charge in [0.15, 0.2) is 0 Å². The van der Waals surface area contributed by atoms with E-state index >= 15 is 0 Å². The molecule has 0 aliphatic carbocycles. The van der Waals surface area contributed by atoms with Gasteiger partial charge in [0.2, 0.25) is 5.91 Å². The summed E-state index contributed by atoms with van der Waals surface area (Å²) in [6, 6.07) is 8.01. The van der Waals surface area contributed by atoms with Crippen LogP contribution in [0, 0.1) is 0 Å². The molecule has 1 heterocycles. The monoisotopic (exact) mass is 334 g/mol. The van der Waals surface area contributed by atoms with E-state index in [1.165, 1.54) is 5.56 Å². The van der Waals surface area contributed by atoms with E-state index in [0.717, 1.165) is 51.1 Å². The van der Waals surface area contributed by atoms with Gasteiger partial charge in [-0.1, -0.05) is 12.1 Å². The molecule has 0 unspecified atom stereocenters. The summed E-state index contributed by atoms with van der Waals surface area (Å²) in [6.07, 6.45) is 4.39. The van der Waals surface area contributed by atoms with Crippen LogP contribution < -0.4 is 10.5 Å². The van der Waals surface area contributed by atoms with Gasteiger partial charge in [-0.05, 0) is 56.8 Å². The lowest BCUT2D eigenvalue weighted by atomic mass is 10.1. The van der Waals surface area contributed by atoms with Crippen LogP contribution in [0.2, 0.25) is 0 Å². The van der Waals surface area contributed by atoms with Gasteiger partial charge in [0.05, 0.1) is 12.7 Å². The molecule has 1 amide bonds. The number of hydrogen-bond acceptors (Lipinski definition) is 4. The molecule has 1 fully saturated rings. The normalized spacial score (nSPS) is 15.5. The largest absolute Gasteiger partial charge is 0.494 e. The molecule has 0 aromatic heterocycles. The molecule has 0 spiro atoms. The first-order chi connectivity index (χ1) is 11.7. The fraction of sp³-hybridized carbons (Fsp3) is 0.632. The van der Waals surface area contributed by atoms with Crippen molar-refractivity contribution in [3.63, 3.8) is 0 Å². The number of piperidine rings is 1. The first-order valence-electron chi connectivity index (χ1n) is 9.04. The Bertz CT molecular complexity index is 482. The smallest absolute Gasteiger partial charge is 0.222 e. The summed E-state index contributed by atoms with van der Waals surface area (Å²) in [5.74, 6) is 1.12. The standard InChI is InChI=1S/C19H30N2O3/c1-2-23-17-7-4-16(5-8-17)6-9-19(22)21-13-10-18(11-14-21)24-15-3-12-20/h4-5,7-8,18H,2-3,6,9-15,20H2,1H3. The minimum Gasteiger partial charge on any atom is -0.494 e. The second-order valence-corrected chi connectivity index (χ2v) is 6.17.